The quantitative estimate of drug-likeness (QED) is 0.778. The Morgan fingerprint density at radius 2 is 2.19 bits per heavy atom. The van der Waals surface area contributed by atoms with Crippen molar-refractivity contribution in [2.45, 2.75) is 32.2 Å². The first-order valence-electron chi connectivity index (χ1n) is 6.43. The zero-order valence-corrected chi connectivity index (χ0v) is 10.4. The van der Waals surface area contributed by atoms with Crippen molar-refractivity contribution >= 4 is 6.03 Å². The zero-order chi connectivity index (χ0) is 11.5. The molecule has 0 spiro atoms. The Kier molecular flexibility index (Phi) is 3.69. The lowest BCUT2D eigenvalue weighted by Crippen LogP contribution is -2.40. The number of hydrogen-bond donors (Lipinski definition) is 1. The number of likely N-dealkylation sites (tertiary alicyclic amines) is 1. The molecule has 2 rings (SSSR count). The van der Waals surface area contributed by atoms with Crippen LogP contribution in [-0.2, 0) is 0 Å². The number of nitrogens with zero attached hydrogens (tertiary/aromatic N) is 2. The Balaban J connectivity index is 1.71. The van der Waals surface area contributed by atoms with E-state index in [9.17, 15) is 4.79 Å². The van der Waals surface area contributed by atoms with Gasteiger partial charge in [0.1, 0.15) is 0 Å². The van der Waals surface area contributed by atoms with Gasteiger partial charge in [0.15, 0.2) is 0 Å². The smallest absolute Gasteiger partial charge is 0.317 e. The van der Waals surface area contributed by atoms with Gasteiger partial charge in [0.25, 0.3) is 0 Å². The highest BCUT2D eigenvalue weighted by molar-refractivity contribution is 5.75. The predicted molar refractivity (Wildman–Crippen MR) is 64.4 cm³/mol. The molecule has 0 aromatic heterocycles. The molecule has 0 aromatic rings. The second-order valence-corrected chi connectivity index (χ2v) is 5.18. The van der Waals surface area contributed by atoms with Crippen LogP contribution in [0.25, 0.3) is 0 Å². The highest BCUT2D eigenvalue weighted by Crippen LogP contribution is 2.21. The van der Waals surface area contributed by atoms with Crippen LogP contribution in [-0.4, -0.2) is 55.1 Å². The molecule has 16 heavy (non-hydrogen) atoms. The highest BCUT2D eigenvalue weighted by Gasteiger charge is 2.30. The summed E-state index contributed by atoms with van der Waals surface area (Å²) in [7, 11) is 2.15. The average molecular weight is 225 g/mol. The highest BCUT2D eigenvalue weighted by atomic mass is 16.2. The standard InChI is InChI=1S/C12H23N3O/c1-3-14(2)8-10-6-7-15(9-10)12(16)13-11-4-5-11/h10-11H,3-9H2,1-2H3,(H,13,16)/t10-/m1/s1. The Bertz CT molecular complexity index is 253. The van der Waals surface area contributed by atoms with Crippen LogP contribution in [0.5, 0.6) is 0 Å². The molecule has 1 heterocycles. The van der Waals surface area contributed by atoms with E-state index >= 15 is 0 Å². The molecule has 1 aliphatic heterocycles. The third kappa shape index (κ3) is 3.11. The Hall–Kier alpha value is -0.770. The van der Waals surface area contributed by atoms with E-state index < -0.39 is 0 Å². The third-order valence-corrected chi connectivity index (χ3v) is 3.59. The molecule has 2 fully saturated rings. The summed E-state index contributed by atoms with van der Waals surface area (Å²) >= 11 is 0. The molecule has 0 radical (unpaired) electrons. The van der Waals surface area contributed by atoms with Gasteiger partial charge in [0.2, 0.25) is 0 Å². The molecule has 1 saturated heterocycles. The van der Waals surface area contributed by atoms with Crippen LogP contribution in [0.4, 0.5) is 4.79 Å². The Morgan fingerprint density at radius 1 is 1.44 bits per heavy atom. The zero-order valence-electron chi connectivity index (χ0n) is 10.4. The third-order valence-electron chi connectivity index (χ3n) is 3.59. The fourth-order valence-corrected chi connectivity index (χ4v) is 2.23. The lowest BCUT2D eigenvalue weighted by molar-refractivity contribution is 0.204. The Morgan fingerprint density at radius 3 is 2.81 bits per heavy atom. The largest absolute Gasteiger partial charge is 0.335 e. The van der Waals surface area contributed by atoms with Crippen molar-refractivity contribution in [3.05, 3.63) is 0 Å². The van der Waals surface area contributed by atoms with Crippen molar-refractivity contribution in [1.29, 1.82) is 0 Å². The summed E-state index contributed by atoms with van der Waals surface area (Å²) in [6, 6.07) is 0.633. The van der Waals surface area contributed by atoms with E-state index in [1.165, 1.54) is 12.8 Å². The molecule has 4 heteroatoms. The van der Waals surface area contributed by atoms with Gasteiger partial charge in [-0.15, -0.1) is 0 Å². The van der Waals surface area contributed by atoms with Crippen LogP contribution < -0.4 is 5.32 Å². The molecule has 0 bridgehead atoms. The van der Waals surface area contributed by atoms with Crippen LogP contribution >= 0.6 is 0 Å². The Labute approximate surface area is 98.0 Å². The molecule has 0 aromatic carbocycles. The summed E-state index contributed by atoms with van der Waals surface area (Å²) in [5.74, 6) is 0.662. The van der Waals surface area contributed by atoms with E-state index in [-0.39, 0.29) is 6.03 Å². The molecular weight excluding hydrogens is 202 g/mol. The SMILES string of the molecule is CCN(C)C[C@H]1CCN(C(=O)NC2CC2)C1. The summed E-state index contributed by atoms with van der Waals surface area (Å²) < 4.78 is 0. The van der Waals surface area contributed by atoms with Gasteiger partial charge in [0.05, 0.1) is 0 Å². The minimum absolute atomic E-state index is 0.157. The summed E-state index contributed by atoms with van der Waals surface area (Å²) in [4.78, 5) is 16.1. The van der Waals surface area contributed by atoms with Gasteiger partial charge in [-0.2, -0.15) is 0 Å². The second-order valence-electron chi connectivity index (χ2n) is 5.18. The number of nitrogens with one attached hydrogen (secondary N) is 1. The van der Waals surface area contributed by atoms with Crippen LogP contribution in [0.15, 0.2) is 0 Å². The topological polar surface area (TPSA) is 35.6 Å². The van der Waals surface area contributed by atoms with Crippen molar-refractivity contribution in [3.63, 3.8) is 0 Å². The molecular formula is C12H23N3O. The first kappa shape index (κ1) is 11.7. The van der Waals surface area contributed by atoms with Crippen molar-refractivity contribution in [1.82, 2.24) is 15.1 Å². The maximum Gasteiger partial charge on any atom is 0.317 e. The van der Waals surface area contributed by atoms with E-state index in [0.29, 0.717) is 12.0 Å². The summed E-state index contributed by atoms with van der Waals surface area (Å²) in [6.07, 6.45) is 3.49. The van der Waals surface area contributed by atoms with E-state index in [0.717, 1.165) is 32.6 Å². The molecule has 1 N–H and O–H groups in total. The first-order valence-corrected chi connectivity index (χ1v) is 6.43. The van der Waals surface area contributed by atoms with Gasteiger partial charge in [-0.25, -0.2) is 4.79 Å². The number of carbonyl (C=O) groups excluding carboxylic acids is 1. The summed E-state index contributed by atoms with van der Waals surface area (Å²) in [5, 5.41) is 3.06. The van der Waals surface area contributed by atoms with Gasteiger partial charge in [-0.3, -0.25) is 0 Å². The number of hydrogen-bond acceptors (Lipinski definition) is 2. The minimum Gasteiger partial charge on any atom is -0.335 e. The van der Waals surface area contributed by atoms with Crippen LogP contribution in [0.2, 0.25) is 0 Å². The van der Waals surface area contributed by atoms with Crippen molar-refractivity contribution in [2.75, 3.05) is 33.2 Å². The van der Waals surface area contributed by atoms with Crippen molar-refractivity contribution in [2.24, 2.45) is 5.92 Å². The van der Waals surface area contributed by atoms with E-state index in [2.05, 4.69) is 24.2 Å². The van der Waals surface area contributed by atoms with Crippen LogP contribution in [0.1, 0.15) is 26.2 Å². The van der Waals surface area contributed by atoms with Gasteiger partial charge in [-0.05, 0) is 38.8 Å². The maximum absolute atomic E-state index is 11.8. The molecule has 1 atom stereocenters. The molecule has 2 aliphatic rings. The molecule has 0 unspecified atom stereocenters. The summed E-state index contributed by atoms with van der Waals surface area (Å²) in [6.45, 7) is 6.24. The van der Waals surface area contributed by atoms with E-state index in [1.807, 2.05) is 4.90 Å². The van der Waals surface area contributed by atoms with Gasteiger partial charge >= 0.3 is 6.03 Å². The molecule has 1 saturated carbocycles. The normalized spacial score (nSPS) is 25.2. The number of amides is 2. The molecule has 1 aliphatic carbocycles. The number of urea groups is 1. The van der Waals surface area contributed by atoms with Crippen molar-refractivity contribution < 1.29 is 4.79 Å². The predicted octanol–water partition coefficient (Wildman–Crippen LogP) is 1.13. The maximum atomic E-state index is 11.8. The second kappa shape index (κ2) is 5.04. The first-order chi connectivity index (χ1) is 7.69. The van der Waals surface area contributed by atoms with Gasteiger partial charge < -0.3 is 15.1 Å². The summed E-state index contributed by atoms with van der Waals surface area (Å²) in [5.41, 5.74) is 0. The van der Waals surface area contributed by atoms with Crippen molar-refractivity contribution in [3.8, 4) is 0 Å². The molecule has 92 valence electrons. The van der Waals surface area contributed by atoms with Gasteiger partial charge in [-0.1, -0.05) is 6.92 Å². The molecule has 4 nitrogen and oxygen atoms in total. The fourth-order valence-electron chi connectivity index (χ4n) is 2.23. The molecule has 2 amide bonds. The lowest BCUT2D eigenvalue weighted by atomic mass is 10.1. The minimum atomic E-state index is 0.157. The van der Waals surface area contributed by atoms with E-state index in [4.69, 9.17) is 0 Å². The number of rotatable bonds is 4. The lowest BCUT2D eigenvalue weighted by Gasteiger charge is -2.20. The van der Waals surface area contributed by atoms with Crippen LogP contribution in [0, 0.1) is 5.92 Å². The fraction of sp³-hybridized carbons (Fsp3) is 0.917. The monoisotopic (exact) mass is 225 g/mol. The number of carbonyl (C=O) groups is 1. The van der Waals surface area contributed by atoms with Gasteiger partial charge in [0, 0.05) is 25.7 Å². The average Bonchev–Trinajstić information content (AvgIpc) is 2.95. The van der Waals surface area contributed by atoms with Crippen LogP contribution in [0.3, 0.4) is 0 Å². The van der Waals surface area contributed by atoms with E-state index in [1.54, 1.807) is 0 Å².